The molecule has 3 amide bonds. The van der Waals surface area contributed by atoms with Crippen molar-refractivity contribution in [3.63, 3.8) is 0 Å². The van der Waals surface area contributed by atoms with Crippen LogP contribution in [-0.2, 0) is 19.1 Å². The lowest BCUT2D eigenvalue weighted by molar-refractivity contribution is -0.143. The molecule has 34 heavy (non-hydrogen) atoms. The Morgan fingerprint density at radius 1 is 1.06 bits per heavy atom. The number of benzene rings is 2. The van der Waals surface area contributed by atoms with Crippen molar-refractivity contribution in [2.45, 2.75) is 13.8 Å². The van der Waals surface area contributed by atoms with Gasteiger partial charge in [-0.15, -0.1) is 0 Å². The molecule has 0 aliphatic carbocycles. The number of nitrogens with zero attached hydrogens (tertiary/aromatic N) is 1. The number of rotatable bonds is 8. The molecule has 3 rings (SSSR count). The predicted molar refractivity (Wildman–Crippen MR) is 128 cm³/mol. The van der Waals surface area contributed by atoms with E-state index in [0.29, 0.717) is 28.8 Å². The first kappa shape index (κ1) is 24.8. The van der Waals surface area contributed by atoms with Crippen molar-refractivity contribution in [1.82, 2.24) is 4.90 Å². The van der Waals surface area contributed by atoms with Gasteiger partial charge in [0.05, 0.1) is 19.1 Å². The second-order valence-electron chi connectivity index (χ2n) is 7.33. The van der Waals surface area contributed by atoms with Crippen molar-refractivity contribution in [3.8, 4) is 11.5 Å². The number of hydrogen-bond donors (Lipinski definition) is 1. The Labute approximate surface area is 201 Å². The van der Waals surface area contributed by atoms with Gasteiger partial charge in [-0.3, -0.25) is 19.3 Å². The van der Waals surface area contributed by atoms with Crippen LogP contribution in [0.3, 0.4) is 0 Å². The molecule has 0 bridgehead atoms. The quantitative estimate of drug-likeness (QED) is 0.447. The van der Waals surface area contributed by atoms with Crippen molar-refractivity contribution in [3.05, 3.63) is 58.0 Å². The number of carbonyl (C=O) groups excluding carboxylic acids is 4. The highest BCUT2D eigenvalue weighted by atomic mass is 32.2. The number of aryl methyl sites for hydroxylation is 2. The molecule has 1 saturated heterocycles. The molecule has 0 spiro atoms. The number of amides is 3. The molecule has 1 N–H and O–H groups in total. The number of esters is 1. The van der Waals surface area contributed by atoms with Gasteiger partial charge in [0, 0.05) is 11.3 Å². The van der Waals surface area contributed by atoms with Crippen LogP contribution in [0, 0.1) is 13.8 Å². The average molecular weight is 485 g/mol. The molecule has 0 atom stereocenters. The molecule has 1 aliphatic heterocycles. The molecule has 178 valence electrons. The van der Waals surface area contributed by atoms with Crippen molar-refractivity contribution in [1.29, 1.82) is 0 Å². The number of imide groups is 1. The Morgan fingerprint density at radius 3 is 2.38 bits per heavy atom. The van der Waals surface area contributed by atoms with Crippen LogP contribution in [0.15, 0.2) is 41.3 Å². The van der Waals surface area contributed by atoms with Gasteiger partial charge in [0.15, 0.2) is 18.1 Å². The zero-order chi connectivity index (χ0) is 24.8. The Hall–Kier alpha value is -3.79. The van der Waals surface area contributed by atoms with E-state index < -0.39 is 29.6 Å². The number of thioether (sulfide) groups is 1. The van der Waals surface area contributed by atoms with Gasteiger partial charge in [0.1, 0.15) is 6.54 Å². The molecule has 1 aliphatic rings. The minimum absolute atomic E-state index is 0.112. The maximum Gasteiger partial charge on any atom is 0.343 e. The molecule has 0 unspecified atom stereocenters. The zero-order valence-electron chi connectivity index (χ0n) is 19.2. The van der Waals surface area contributed by atoms with Crippen LogP contribution in [0.25, 0.3) is 6.08 Å². The first-order valence-electron chi connectivity index (χ1n) is 10.2. The van der Waals surface area contributed by atoms with Crippen molar-refractivity contribution >= 4 is 46.5 Å². The van der Waals surface area contributed by atoms with Gasteiger partial charge in [-0.2, -0.15) is 0 Å². The van der Waals surface area contributed by atoms with E-state index in [4.69, 9.17) is 9.47 Å². The van der Waals surface area contributed by atoms with Crippen molar-refractivity contribution < 1.29 is 33.4 Å². The van der Waals surface area contributed by atoms with Crippen LogP contribution in [0.2, 0.25) is 0 Å². The van der Waals surface area contributed by atoms with Crippen LogP contribution in [0.1, 0.15) is 16.7 Å². The highest BCUT2D eigenvalue weighted by molar-refractivity contribution is 8.18. The van der Waals surface area contributed by atoms with Gasteiger partial charge >= 0.3 is 5.97 Å². The predicted octanol–water partition coefficient (Wildman–Crippen LogP) is 3.54. The lowest BCUT2D eigenvalue weighted by Gasteiger charge is -2.15. The zero-order valence-corrected chi connectivity index (χ0v) is 20.0. The second kappa shape index (κ2) is 10.9. The summed E-state index contributed by atoms with van der Waals surface area (Å²) in [5.74, 6) is -1.12. The number of hydrogen-bond acceptors (Lipinski definition) is 8. The fraction of sp³-hybridized carbons (Fsp3) is 0.250. The largest absolute Gasteiger partial charge is 0.493 e. The van der Waals surface area contributed by atoms with Gasteiger partial charge in [0.2, 0.25) is 5.91 Å². The average Bonchev–Trinajstić information content (AvgIpc) is 3.07. The summed E-state index contributed by atoms with van der Waals surface area (Å²) in [6.07, 6.45) is 1.46. The van der Waals surface area contributed by atoms with E-state index in [9.17, 15) is 19.2 Å². The van der Waals surface area contributed by atoms with E-state index in [-0.39, 0.29) is 17.3 Å². The summed E-state index contributed by atoms with van der Waals surface area (Å²) in [5, 5.41) is 2.21. The van der Waals surface area contributed by atoms with Crippen molar-refractivity contribution in [2.24, 2.45) is 0 Å². The Kier molecular flexibility index (Phi) is 7.95. The smallest absolute Gasteiger partial charge is 0.343 e. The third-order valence-electron chi connectivity index (χ3n) is 5.00. The number of para-hydroxylation sites is 2. The third-order valence-corrected chi connectivity index (χ3v) is 5.91. The van der Waals surface area contributed by atoms with Gasteiger partial charge in [-0.05, 0) is 48.9 Å². The maximum atomic E-state index is 12.9. The molecular weight excluding hydrogens is 460 g/mol. The van der Waals surface area contributed by atoms with E-state index in [1.807, 2.05) is 32.0 Å². The lowest BCUT2D eigenvalue weighted by atomic mass is 10.1. The highest BCUT2D eigenvalue weighted by Gasteiger charge is 2.36. The summed E-state index contributed by atoms with van der Waals surface area (Å²) in [6.45, 7) is 2.94. The summed E-state index contributed by atoms with van der Waals surface area (Å²) in [6, 6.07) is 10.6. The maximum absolute atomic E-state index is 12.9. The van der Waals surface area contributed by atoms with Crippen LogP contribution >= 0.6 is 11.8 Å². The summed E-state index contributed by atoms with van der Waals surface area (Å²) < 4.78 is 15.4. The molecule has 10 heteroatoms. The number of carbonyl (C=O) groups is 4. The summed E-state index contributed by atoms with van der Waals surface area (Å²) in [5.41, 5.74) is 2.83. The third kappa shape index (κ3) is 5.57. The number of nitrogens with one attached hydrogen (secondary N) is 1. The molecule has 0 saturated carbocycles. The highest BCUT2D eigenvalue weighted by Crippen LogP contribution is 2.37. The van der Waals surface area contributed by atoms with Gasteiger partial charge in [-0.1, -0.05) is 30.3 Å². The van der Waals surface area contributed by atoms with Crippen LogP contribution in [0.4, 0.5) is 10.5 Å². The van der Waals surface area contributed by atoms with Crippen LogP contribution in [-0.4, -0.2) is 55.3 Å². The minimum Gasteiger partial charge on any atom is -0.493 e. The molecule has 0 radical (unpaired) electrons. The summed E-state index contributed by atoms with van der Waals surface area (Å²) in [4.78, 5) is 50.5. The lowest BCUT2D eigenvalue weighted by Crippen LogP contribution is -2.36. The van der Waals surface area contributed by atoms with Crippen LogP contribution in [0.5, 0.6) is 11.5 Å². The van der Waals surface area contributed by atoms with Gasteiger partial charge in [0.25, 0.3) is 11.1 Å². The van der Waals surface area contributed by atoms with Crippen molar-refractivity contribution in [2.75, 3.05) is 32.7 Å². The van der Waals surface area contributed by atoms with E-state index >= 15 is 0 Å². The molecule has 9 nitrogen and oxygen atoms in total. The number of ether oxygens (including phenoxy) is 3. The fourth-order valence-corrected chi connectivity index (χ4v) is 4.09. The fourth-order valence-electron chi connectivity index (χ4n) is 3.26. The van der Waals surface area contributed by atoms with Gasteiger partial charge in [-0.25, -0.2) is 4.79 Å². The molecular formula is C24H24N2O7S. The SMILES string of the molecule is COC(=O)COc1c(/C=C2/SC(=O)N(CC(=O)Nc3c(C)cccc3C)C2=O)cccc1OC. The summed E-state index contributed by atoms with van der Waals surface area (Å²) in [7, 11) is 2.67. The summed E-state index contributed by atoms with van der Waals surface area (Å²) >= 11 is 0.713. The van der Waals surface area contributed by atoms with E-state index in [2.05, 4.69) is 10.1 Å². The van der Waals surface area contributed by atoms with E-state index in [0.717, 1.165) is 16.0 Å². The van der Waals surface area contributed by atoms with E-state index in [1.165, 1.54) is 20.3 Å². The molecule has 1 heterocycles. The molecule has 1 fully saturated rings. The molecule has 0 aromatic heterocycles. The van der Waals surface area contributed by atoms with E-state index in [1.54, 1.807) is 18.2 Å². The second-order valence-corrected chi connectivity index (χ2v) is 8.32. The minimum atomic E-state index is -0.603. The first-order chi connectivity index (χ1) is 16.2. The first-order valence-corrected chi connectivity index (χ1v) is 11.0. The van der Waals surface area contributed by atoms with Gasteiger partial charge < -0.3 is 19.5 Å². The van der Waals surface area contributed by atoms with Crippen LogP contribution < -0.4 is 14.8 Å². The molecule has 2 aromatic carbocycles. The number of methoxy groups -OCH3 is 2. The Morgan fingerprint density at radius 2 is 1.74 bits per heavy atom. The standard InChI is InChI=1S/C24H24N2O7S/c1-14-7-5-8-15(2)21(14)25-19(27)12-26-23(29)18(34-24(26)30)11-16-9-6-10-17(31-3)22(16)33-13-20(28)32-4/h5-11H,12-13H2,1-4H3,(H,25,27)/b18-11+. The monoisotopic (exact) mass is 484 g/mol. The Balaban J connectivity index is 1.79. The Bertz CT molecular complexity index is 1160. The normalized spacial score (nSPS) is 14.4. The number of anilines is 1. The topological polar surface area (TPSA) is 111 Å². The molecule has 2 aromatic rings.